The fraction of sp³-hybridized carbons (Fsp3) is 0.418. The molecular formula is C67H83N3O2Si2. The monoisotopic (exact) mass is 1020 g/mol. The Morgan fingerprint density at radius 3 is 0.905 bits per heavy atom. The molecule has 0 radical (unpaired) electrons. The molecule has 5 heterocycles. The van der Waals surface area contributed by atoms with Crippen molar-refractivity contribution in [2.24, 2.45) is 0 Å². The SMILES string of the molecule is C[Si](C)(C)OC(c1ccccc1)(c1ccccc1)c1cc2c(-c3cccc(-c4nc5c(C(O[Si](C)(C)C)(c6ccccc6)c6ccccc6)cc4CCCCCCCCCC5)n3)nc1CCCCCCCCCC2. The molecule has 0 unspecified atom stereocenters. The lowest BCUT2D eigenvalue weighted by Crippen LogP contribution is -2.43. The first-order valence-electron chi connectivity index (χ1n) is 28.6. The number of rotatable bonds is 12. The molecule has 0 N–H and O–H groups in total. The maximum atomic E-state index is 7.73. The number of benzene rings is 4. The minimum atomic E-state index is -2.21. The Morgan fingerprint density at radius 1 is 0.324 bits per heavy atom. The number of nitrogens with zero attached hydrogens (tertiary/aromatic N) is 3. The van der Waals surface area contributed by atoms with Crippen LogP contribution >= 0.6 is 0 Å². The van der Waals surface area contributed by atoms with Crippen molar-refractivity contribution in [3.63, 3.8) is 0 Å². The molecule has 386 valence electrons. The molecule has 0 atom stereocenters. The second kappa shape index (κ2) is 24.6. The van der Waals surface area contributed by atoms with E-state index in [-0.39, 0.29) is 0 Å². The Balaban J connectivity index is 1.27. The van der Waals surface area contributed by atoms with Crippen LogP contribution < -0.4 is 0 Å². The first-order chi connectivity index (χ1) is 35.9. The third-order valence-electron chi connectivity index (χ3n) is 15.2. The van der Waals surface area contributed by atoms with Crippen LogP contribution in [0, 0.1) is 0 Å². The van der Waals surface area contributed by atoms with Gasteiger partial charge in [0.25, 0.3) is 0 Å². The molecule has 3 aromatic heterocycles. The quantitative estimate of drug-likeness (QED) is 0.114. The Bertz CT molecular complexity index is 2600. The number of hydrogen-bond acceptors (Lipinski definition) is 5. The van der Waals surface area contributed by atoms with Gasteiger partial charge in [-0.3, -0.25) is 9.97 Å². The van der Waals surface area contributed by atoms with Gasteiger partial charge in [0.1, 0.15) is 11.2 Å². The number of aromatic nitrogens is 3. The molecule has 7 aromatic rings. The van der Waals surface area contributed by atoms with Crippen molar-refractivity contribution in [1.82, 2.24) is 15.0 Å². The van der Waals surface area contributed by atoms with E-state index in [1.807, 2.05) is 0 Å². The fourth-order valence-corrected chi connectivity index (χ4v) is 14.5. The zero-order valence-electron chi connectivity index (χ0n) is 45.7. The van der Waals surface area contributed by atoms with Crippen molar-refractivity contribution in [3.05, 3.63) is 208 Å². The van der Waals surface area contributed by atoms with Crippen LogP contribution in [0.5, 0.6) is 0 Å². The highest BCUT2D eigenvalue weighted by molar-refractivity contribution is 6.70. The molecule has 0 fully saturated rings. The first kappa shape index (κ1) is 53.5. The summed E-state index contributed by atoms with van der Waals surface area (Å²) in [6.07, 6.45) is 23.0. The third-order valence-corrected chi connectivity index (χ3v) is 17.1. The number of aryl methyl sites for hydroxylation is 4. The molecule has 0 spiro atoms. The van der Waals surface area contributed by atoms with Gasteiger partial charge in [-0.15, -0.1) is 0 Å². The summed E-state index contributed by atoms with van der Waals surface area (Å²) < 4.78 is 15.5. The van der Waals surface area contributed by atoms with Crippen LogP contribution in [0.4, 0.5) is 0 Å². The standard InChI is InChI=1S/C67H83N3O2Si2/c1-73(2,3)71-66(54-38-25-19-26-39-54,55-40-27-20-28-41-55)58-50-52-36-23-15-11-7-9-13-17-33-46-60(58)69-64(52)62-48-35-49-63(68-62)65-53-37-24-16-12-8-10-14-18-34-47-61(70-65)59(51-53)67(72-74(4,5)6,56-42-29-21-30-43-56)57-44-31-22-32-45-57/h19-22,25-32,35,38-45,48-51H,7-18,23-24,33-34,36-37,46-47H2,1-6H3. The van der Waals surface area contributed by atoms with Crippen LogP contribution in [0.3, 0.4) is 0 Å². The lowest BCUT2D eigenvalue weighted by Gasteiger charge is -2.42. The predicted molar refractivity (Wildman–Crippen MR) is 314 cm³/mol. The van der Waals surface area contributed by atoms with Crippen LogP contribution in [0.1, 0.15) is 159 Å². The highest BCUT2D eigenvalue weighted by Crippen LogP contribution is 2.48. The van der Waals surface area contributed by atoms with E-state index in [0.717, 1.165) is 108 Å². The maximum absolute atomic E-state index is 7.73. The average Bonchev–Trinajstić information content (AvgIpc) is 3.41. The molecule has 2 aliphatic heterocycles. The van der Waals surface area contributed by atoms with E-state index in [1.165, 1.54) is 99.3 Å². The third kappa shape index (κ3) is 12.7. The van der Waals surface area contributed by atoms with Gasteiger partial charge in [0.15, 0.2) is 16.6 Å². The van der Waals surface area contributed by atoms with Crippen molar-refractivity contribution < 1.29 is 8.85 Å². The van der Waals surface area contributed by atoms with Gasteiger partial charge in [0.05, 0.1) is 22.8 Å². The van der Waals surface area contributed by atoms with E-state index >= 15 is 0 Å². The molecule has 4 bridgehead atoms. The zero-order valence-corrected chi connectivity index (χ0v) is 47.7. The van der Waals surface area contributed by atoms with Crippen molar-refractivity contribution in [2.75, 3.05) is 0 Å². The van der Waals surface area contributed by atoms with Gasteiger partial charge >= 0.3 is 0 Å². The summed E-state index contributed by atoms with van der Waals surface area (Å²) in [7, 11) is -4.43. The number of fused-ring (bicyclic) bond motifs is 22. The largest absolute Gasteiger partial charge is 0.400 e. The van der Waals surface area contributed by atoms with Gasteiger partial charge in [0, 0.05) is 22.5 Å². The van der Waals surface area contributed by atoms with Gasteiger partial charge in [-0.05, 0) is 148 Å². The minimum Gasteiger partial charge on any atom is -0.400 e. The normalized spacial score (nSPS) is 16.1. The highest BCUT2D eigenvalue weighted by atomic mass is 28.4. The van der Waals surface area contributed by atoms with Crippen molar-refractivity contribution in [3.8, 4) is 22.8 Å². The first-order valence-corrected chi connectivity index (χ1v) is 35.4. The summed E-state index contributed by atoms with van der Waals surface area (Å²) in [6, 6.07) is 55.7. The van der Waals surface area contributed by atoms with Gasteiger partial charge in [-0.1, -0.05) is 204 Å². The number of hydrogen-bond donors (Lipinski definition) is 0. The van der Waals surface area contributed by atoms with Crippen molar-refractivity contribution in [1.29, 1.82) is 0 Å². The summed E-state index contributed by atoms with van der Waals surface area (Å²) in [6.45, 7) is 14.0. The molecule has 4 aliphatic rings. The topological polar surface area (TPSA) is 57.1 Å². The summed E-state index contributed by atoms with van der Waals surface area (Å²) in [5, 5.41) is 0. The Labute approximate surface area is 447 Å². The zero-order chi connectivity index (χ0) is 51.4. The smallest absolute Gasteiger partial charge is 0.185 e. The Morgan fingerprint density at radius 2 is 0.608 bits per heavy atom. The van der Waals surface area contributed by atoms with Crippen molar-refractivity contribution in [2.45, 2.75) is 179 Å². The van der Waals surface area contributed by atoms with E-state index in [1.54, 1.807) is 0 Å². The van der Waals surface area contributed by atoms with E-state index in [4.69, 9.17) is 23.8 Å². The lowest BCUT2D eigenvalue weighted by atomic mass is 9.77. The Kier molecular flexibility index (Phi) is 17.8. The Hall–Kier alpha value is -5.32. The second-order valence-electron chi connectivity index (χ2n) is 23.3. The van der Waals surface area contributed by atoms with E-state index in [9.17, 15) is 0 Å². The maximum Gasteiger partial charge on any atom is 0.185 e. The molecular weight excluding hydrogens is 935 g/mol. The van der Waals surface area contributed by atoms with E-state index < -0.39 is 27.8 Å². The van der Waals surface area contributed by atoms with Gasteiger partial charge in [-0.2, -0.15) is 0 Å². The molecule has 0 amide bonds. The summed E-state index contributed by atoms with van der Waals surface area (Å²) >= 11 is 0. The molecule has 2 aliphatic carbocycles. The second-order valence-corrected chi connectivity index (χ2v) is 32.2. The molecule has 5 nitrogen and oxygen atoms in total. The van der Waals surface area contributed by atoms with Crippen LogP contribution in [-0.4, -0.2) is 31.6 Å². The van der Waals surface area contributed by atoms with E-state index in [2.05, 4.69) is 191 Å². The molecule has 0 saturated carbocycles. The fourth-order valence-electron chi connectivity index (χ4n) is 11.9. The predicted octanol–water partition coefficient (Wildman–Crippen LogP) is 17.9. The van der Waals surface area contributed by atoms with Crippen LogP contribution in [0.25, 0.3) is 22.8 Å². The van der Waals surface area contributed by atoms with Crippen molar-refractivity contribution >= 4 is 16.6 Å². The summed E-state index contributed by atoms with van der Waals surface area (Å²) in [5.74, 6) is 0. The highest BCUT2D eigenvalue weighted by Gasteiger charge is 2.45. The average molecular weight is 1020 g/mol. The summed E-state index contributed by atoms with van der Waals surface area (Å²) in [4.78, 5) is 17.6. The molecule has 7 heteroatoms. The lowest BCUT2D eigenvalue weighted by molar-refractivity contribution is 0.144. The van der Waals surface area contributed by atoms with E-state index in [0.29, 0.717) is 0 Å². The minimum absolute atomic E-state index is 0.833. The number of pyridine rings is 3. The molecule has 4 aromatic carbocycles. The van der Waals surface area contributed by atoms with Gasteiger partial charge in [0.2, 0.25) is 0 Å². The molecule has 11 rings (SSSR count). The van der Waals surface area contributed by atoms with Gasteiger partial charge < -0.3 is 8.85 Å². The summed E-state index contributed by atoms with van der Waals surface area (Å²) in [5.41, 5.74) is 13.9. The molecule has 0 saturated heterocycles. The van der Waals surface area contributed by atoms with Crippen LogP contribution in [0.2, 0.25) is 39.3 Å². The van der Waals surface area contributed by atoms with Gasteiger partial charge in [-0.25, -0.2) is 4.98 Å². The van der Waals surface area contributed by atoms with Crippen LogP contribution in [-0.2, 0) is 45.7 Å². The van der Waals surface area contributed by atoms with Crippen LogP contribution in [0.15, 0.2) is 152 Å². The molecule has 74 heavy (non-hydrogen) atoms.